The monoisotopic (exact) mass is 568 g/mol. The fraction of sp³-hybridized carbons (Fsp3) is 0.367. The Morgan fingerprint density at radius 1 is 0.925 bits per heavy atom. The van der Waals surface area contributed by atoms with Gasteiger partial charge in [0.15, 0.2) is 24.1 Å². The first kappa shape index (κ1) is 27.7. The maximum absolute atomic E-state index is 12.2. The Balaban J connectivity index is 1.51. The standard InChI is InChI=1S/C30H29ClO9/c1-17(32)36-27-26(40-30(11-12-30)29(38-19(3)34)28(27)37-18(2)33)23-7-5-4-6-21(23)14-20-8-9-24(31)25(15-20)39-22-10-13-35-16-22/h4-10,13,15-16,26-29H,11-12,14H2,1-3H3/t26-,27-,28+,29-/m0/s1. The van der Waals surface area contributed by atoms with Gasteiger partial charge in [0.05, 0.1) is 11.3 Å². The lowest BCUT2D eigenvalue weighted by molar-refractivity contribution is -0.257. The van der Waals surface area contributed by atoms with E-state index in [1.165, 1.54) is 33.3 Å². The van der Waals surface area contributed by atoms with E-state index in [0.717, 1.165) is 16.7 Å². The molecule has 0 radical (unpaired) electrons. The molecular weight excluding hydrogens is 540 g/mol. The highest BCUT2D eigenvalue weighted by atomic mass is 35.5. The summed E-state index contributed by atoms with van der Waals surface area (Å²) in [5.41, 5.74) is 1.70. The van der Waals surface area contributed by atoms with E-state index in [9.17, 15) is 14.4 Å². The molecule has 40 heavy (non-hydrogen) atoms. The van der Waals surface area contributed by atoms with Crippen molar-refractivity contribution in [1.82, 2.24) is 0 Å². The van der Waals surface area contributed by atoms with Gasteiger partial charge in [-0.05, 0) is 48.1 Å². The molecule has 1 aliphatic carbocycles. The first-order valence-electron chi connectivity index (χ1n) is 12.9. The molecule has 1 spiro atoms. The highest BCUT2D eigenvalue weighted by molar-refractivity contribution is 6.32. The Morgan fingerprint density at radius 2 is 1.62 bits per heavy atom. The van der Waals surface area contributed by atoms with Gasteiger partial charge >= 0.3 is 17.9 Å². The van der Waals surface area contributed by atoms with Crippen molar-refractivity contribution in [2.24, 2.45) is 0 Å². The van der Waals surface area contributed by atoms with E-state index in [0.29, 0.717) is 35.8 Å². The quantitative estimate of drug-likeness (QED) is 0.249. The van der Waals surface area contributed by atoms with Crippen LogP contribution in [0.15, 0.2) is 65.5 Å². The summed E-state index contributed by atoms with van der Waals surface area (Å²) < 4.78 is 34.5. The van der Waals surface area contributed by atoms with Crippen molar-refractivity contribution in [3.05, 3.63) is 82.8 Å². The smallest absolute Gasteiger partial charge is 0.303 e. The maximum atomic E-state index is 12.2. The van der Waals surface area contributed by atoms with Gasteiger partial charge < -0.3 is 28.1 Å². The van der Waals surface area contributed by atoms with Crippen LogP contribution >= 0.6 is 11.6 Å². The predicted octanol–water partition coefficient (Wildman–Crippen LogP) is 5.72. The van der Waals surface area contributed by atoms with E-state index < -0.39 is 47.9 Å². The molecule has 9 nitrogen and oxygen atoms in total. The van der Waals surface area contributed by atoms with Gasteiger partial charge in [-0.2, -0.15) is 0 Å². The Hall–Kier alpha value is -3.82. The van der Waals surface area contributed by atoms with E-state index in [-0.39, 0.29) is 0 Å². The summed E-state index contributed by atoms with van der Waals surface area (Å²) in [4.78, 5) is 36.4. The molecule has 0 unspecified atom stereocenters. The van der Waals surface area contributed by atoms with Crippen LogP contribution in [0.4, 0.5) is 0 Å². The molecule has 0 bridgehead atoms. The van der Waals surface area contributed by atoms with Gasteiger partial charge in [-0.15, -0.1) is 0 Å². The number of hydrogen-bond donors (Lipinski definition) is 0. The van der Waals surface area contributed by atoms with Crippen LogP contribution in [0, 0.1) is 0 Å². The van der Waals surface area contributed by atoms with Gasteiger partial charge in [-0.25, -0.2) is 0 Å². The summed E-state index contributed by atoms with van der Waals surface area (Å²) in [5, 5.41) is 0.445. The summed E-state index contributed by atoms with van der Waals surface area (Å²) in [5.74, 6) is -0.724. The van der Waals surface area contributed by atoms with Crippen LogP contribution in [-0.4, -0.2) is 41.8 Å². The average molecular weight is 569 g/mol. The molecule has 4 atom stereocenters. The summed E-state index contributed by atoms with van der Waals surface area (Å²) in [6.07, 6.45) is 0.848. The van der Waals surface area contributed by atoms with Crippen molar-refractivity contribution in [2.75, 3.05) is 0 Å². The van der Waals surface area contributed by atoms with Gasteiger partial charge in [0, 0.05) is 26.8 Å². The zero-order valence-electron chi connectivity index (χ0n) is 22.3. The third-order valence-electron chi connectivity index (χ3n) is 6.92. The van der Waals surface area contributed by atoms with Crippen LogP contribution in [0.2, 0.25) is 5.02 Å². The van der Waals surface area contributed by atoms with E-state index in [1.807, 2.05) is 36.4 Å². The fourth-order valence-corrected chi connectivity index (χ4v) is 5.31. The first-order valence-corrected chi connectivity index (χ1v) is 13.3. The third-order valence-corrected chi connectivity index (χ3v) is 7.23. The molecule has 1 saturated carbocycles. The number of esters is 3. The molecule has 1 saturated heterocycles. The molecule has 0 N–H and O–H groups in total. The predicted molar refractivity (Wildman–Crippen MR) is 142 cm³/mol. The molecule has 2 heterocycles. The number of furan rings is 1. The second-order valence-electron chi connectivity index (χ2n) is 9.98. The minimum absolute atomic E-state index is 0.445. The second kappa shape index (κ2) is 11.3. The van der Waals surface area contributed by atoms with Gasteiger partial charge in [-0.1, -0.05) is 41.9 Å². The summed E-state index contributed by atoms with van der Waals surface area (Å²) in [6.45, 7) is 3.81. The Labute approximate surface area is 236 Å². The van der Waals surface area contributed by atoms with Crippen molar-refractivity contribution >= 4 is 29.5 Å². The van der Waals surface area contributed by atoms with Crippen LogP contribution in [0.5, 0.6) is 11.5 Å². The average Bonchev–Trinajstić information content (AvgIpc) is 3.48. The van der Waals surface area contributed by atoms with Crippen LogP contribution in [0.1, 0.15) is 56.4 Å². The highest BCUT2D eigenvalue weighted by Crippen LogP contribution is 2.54. The first-order chi connectivity index (χ1) is 19.1. The molecule has 3 aromatic rings. The van der Waals surface area contributed by atoms with Crippen LogP contribution in [0.3, 0.4) is 0 Å². The van der Waals surface area contributed by atoms with Crippen molar-refractivity contribution in [1.29, 1.82) is 0 Å². The molecule has 210 valence electrons. The largest absolute Gasteiger partial charge is 0.469 e. The topological polar surface area (TPSA) is 111 Å². The number of rotatable bonds is 8. The molecule has 5 rings (SSSR count). The molecule has 0 amide bonds. The van der Waals surface area contributed by atoms with E-state index in [4.69, 9.17) is 39.7 Å². The van der Waals surface area contributed by atoms with E-state index >= 15 is 0 Å². The van der Waals surface area contributed by atoms with Gasteiger partial charge in [0.25, 0.3) is 0 Å². The van der Waals surface area contributed by atoms with Gasteiger partial charge in [-0.3, -0.25) is 14.4 Å². The van der Waals surface area contributed by atoms with Gasteiger partial charge in [0.1, 0.15) is 23.7 Å². The third kappa shape index (κ3) is 6.00. The number of carbonyl (C=O) groups is 3. The SMILES string of the molecule is CC(=O)O[C@@H]1[C@@H](OC(C)=O)[C@H](OC(C)=O)C2(CC2)O[C@H]1c1ccccc1Cc1ccc(Cl)c(Oc2ccoc2)c1. The molecular formula is C30H29ClO9. The summed E-state index contributed by atoms with van der Waals surface area (Å²) in [6, 6.07) is 14.8. The van der Waals surface area contributed by atoms with Crippen molar-refractivity contribution < 1.29 is 42.5 Å². The van der Waals surface area contributed by atoms with Crippen molar-refractivity contribution in [3.63, 3.8) is 0 Å². The Morgan fingerprint density at radius 3 is 2.27 bits per heavy atom. The van der Waals surface area contributed by atoms with Crippen LogP contribution < -0.4 is 4.74 Å². The van der Waals surface area contributed by atoms with Crippen molar-refractivity contribution in [2.45, 2.75) is 70.1 Å². The number of hydrogen-bond acceptors (Lipinski definition) is 9. The summed E-state index contributed by atoms with van der Waals surface area (Å²) >= 11 is 6.38. The Kier molecular flexibility index (Phi) is 7.87. The highest BCUT2D eigenvalue weighted by Gasteiger charge is 2.65. The zero-order valence-corrected chi connectivity index (χ0v) is 23.0. The van der Waals surface area contributed by atoms with Crippen LogP contribution in [0.25, 0.3) is 0 Å². The number of benzene rings is 2. The van der Waals surface area contributed by atoms with Crippen molar-refractivity contribution in [3.8, 4) is 11.5 Å². The lowest BCUT2D eigenvalue weighted by atomic mass is 9.86. The molecule has 10 heteroatoms. The molecule has 1 aliphatic heterocycles. The van der Waals surface area contributed by atoms with E-state index in [1.54, 1.807) is 12.1 Å². The molecule has 1 aromatic heterocycles. The van der Waals surface area contributed by atoms with E-state index in [2.05, 4.69) is 0 Å². The number of ether oxygens (including phenoxy) is 5. The lowest BCUT2D eigenvalue weighted by Crippen LogP contribution is -2.59. The molecule has 2 aliphatic rings. The molecule has 2 aromatic carbocycles. The number of carbonyl (C=O) groups excluding carboxylic acids is 3. The minimum atomic E-state index is -1.05. The molecule has 2 fully saturated rings. The fourth-order valence-electron chi connectivity index (χ4n) is 5.16. The number of halogens is 1. The minimum Gasteiger partial charge on any atom is -0.469 e. The van der Waals surface area contributed by atoms with Crippen LogP contribution in [-0.2, 0) is 39.8 Å². The summed E-state index contributed by atoms with van der Waals surface area (Å²) in [7, 11) is 0. The lowest BCUT2D eigenvalue weighted by Gasteiger charge is -2.46. The second-order valence-corrected chi connectivity index (χ2v) is 10.4. The Bertz CT molecular complexity index is 1400. The van der Waals surface area contributed by atoms with Gasteiger partial charge in [0.2, 0.25) is 0 Å². The maximum Gasteiger partial charge on any atom is 0.303 e. The normalized spacial score (nSPS) is 22.8. The zero-order chi connectivity index (χ0) is 28.4.